The third kappa shape index (κ3) is 3.57. The maximum Gasteiger partial charge on any atom is 0.0445 e. The molecule has 0 nitrogen and oxygen atoms in total. The minimum atomic E-state index is -0.796. The second-order valence-corrected chi connectivity index (χ2v) is 11.0. The van der Waals surface area contributed by atoms with Gasteiger partial charge in [-0.15, -0.1) is 0 Å². The Morgan fingerprint density at radius 2 is 2.08 bits per heavy atom. The Balaban J connectivity index is 2.37. The van der Waals surface area contributed by atoms with E-state index in [-0.39, 0.29) is 0 Å². The topological polar surface area (TPSA) is 0 Å². The lowest BCUT2D eigenvalue weighted by molar-refractivity contribution is 0.508. The van der Waals surface area contributed by atoms with Crippen LogP contribution in [-0.2, 0) is 0 Å². The van der Waals surface area contributed by atoms with Crippen molar-refractivity contribution in [3.05, 3.63) is 11.6 Å². The Labute approximate surface area is 78.1 Å². The minimum absolute atomic E-state index is 0.796. The standard InChI is InChI=1S/C11H22Si/c1-10-5-7-11(8-6-10)9-12(2,3)4/h5,11H,6-9H2,1-4H3/t11-/m0/s1. The fraction of sp³-hybridized carbons (Fsp3) is 0.818. The highest BCUT2D eigenvalue weighted by atomic mass is 28.3. The van der Waals surface area contributed by atoms with Crippen LogP contribution in [-0.4, -0.2) is 8.07 Å². The predicted molar refractivity (Wildman–Crippen MR) is 59.3 cm³/mol. The summed E-state index contributed by atoms with van der Waals surface area (Å²) < 4.78 is 0. The van der Waals surface area contributed by atoms with Gasteiger partial charge < -0.3 is 0 Å². The third-order valence-electron chi connectivity index (χ3n) is 2.65. The molecule has 0 radical (unpaired) electrons. The van der Waals surface area contributed by atoms with Crippen molar-refractivity contribution < 1.29 is 0 Å². The van der Waals surface area contributed by atoms with Gasteiger partial charge in [-0.2, -0.15) is 0 Å². The highest BCUT2D eigenvalue weighted by Gasteiger charge is 2.21. The van der Waals surface area contributed by atoms with E-state index in [2.05, 4.69) is 32.6 Å². The minimum Gasteiger partial charge on any atom is -0.0853 e. The molecule has 0 saturated heterocycles. The van der Waals surface area contributed by atoms with Crippen LogP contribution < -0.4 is 0 Å². The molecule has 0 amide bonds. The molecule has 70 valence electrons. The van der Waals surface area contributed by atoms with E-state index in [1.807, 2.05) is 0 Å². The molecule has 0 unspecified atom stereocenters. The zero-order chi connectivity index (χ0) is 9.19. The van der Waals surface area contributed by atoms with Crippen molar-refractivity contribution >= 4 is 8.07 Å². The quantitative estimate of drug-likeness (QED) is 0.446. The Morgan fingerprint density at radius 1 is 1.42 bits per heavy atom. The van der Waals surface area contributed by atoms with Gasteiger partial charge in [-0.25, -0.2) is 0 Å². The third-order valence-corrected chi connectivity index (χ3v) is 4.45. The molecule has 1 rings (SSSR count). The first kappa shape index (κ1) is 10.0. The fourth-order valence-electron chi connectivity index (χ4n) is 2.07. The smallest absolute Gasteiger partial charge is 0.0445 e. The Kier molecular flexibility index (Phi) is 3.16. The molecule has 0 aromatic carbocycles. The van der Waals surface area contributed by atoms with Gasteiger partial charge in [0.2, 0.25) is 0 Å². The lowest BCUT2D eigenvalue weighted by Crippen LogP contribution is -2.24. The van der Waals surface area contributed by atoms with E-state index in [0.717, 1.165) is 5.92 Å². The summed E-state index contributed by atoms with van der Waals surface area (Å²) in [6.45, 7) is 9.72. The number of hydrogen-bond acceptors (Lipinski definition) is 0. The van der Waals surface area contributed by atoms with E-state index < -0.39 is 8.07 Å². The Bertz CT molecular complexity index is 174. The average Bonchev–Trinajstić information content (AvgIpc) is 1.91. The van der Waals surface area contributed by atoms with Crippen LogP contribution in [0.1, 0.15) is 26.2 Å². The molecule has 0 aliphatic heterocycles. The Hall–Kier alpha value is -0.0431. The summed E-state index contributed by atoms with van der Waals surface area (Å²) in [6.07, 6.45) is 6.62. The first-order valence-corrected chi connectivity index (χ1v) is 8.84. The molecule has 0 spiro atoms. The SMILES string of the molecule is CC1=CC[C@H](C[Si](C)(C)C)CC1. The molecule has 1 aliphatic carbocycles. The molecule has 1 atom stereocenters. The van der Waals surface area contributed by atoms with Gasteiger partial charge in [-0.05, 0) is 32.1 Å². The highest BCUT2D eigenvalue weighted by Crippen LogP contribution is 2.29. The summed E-state index contributed by atoms with van der Waals surface area (Å²) in [4.78, 5) is 0. The summed E-state index contributed by atoms with van der Waals surface area (Å²) in [5.74, 6) is 1.01. The normalized spacial score (nSPS) is 25.3. The maximum atomic E-state index is 2.48. The molecular weight excluding hydrogens is 160 g/mol. The predicted octanol–water partition coefficient (Wildman–Crippen LogP) is 4.07. The average molecular weight is 182 g/mol. The molecule has 0 heterocycles. The van der Waals surface area contributed by atoms with E-state index >= 15 is 0 Å². The van der Waals surface area contributed by atoms with Gasteiger partial charge >= 0.3 is 0 Å². The van der Waals surface area contributed by atoms with Crippen molar-refractivity contribution in [2.75, 3.05) is 0 Å². The molecule has 0 aromatic heterocycles. The lowest BCUT2D eigenvalue weighted by Gasteiger charge is -2.26. The van der Waals surface area contributed by atoms with Crippen LogP contribution in [0.25, 0.3) is 0 Å². The van der Waals surface area contributed by atoms with Crippen LogP contribution in [0.5, 0.6) is 0 Å². The van der Waals surface area contributed by atoms with Crippen molar-refractivity contribution in [2.24, 2.45) is 5.92 Å². The van der Waals surface area contributed by atoms with Gasteiger partial charge in [0, 0.05) is 8.07 Å². The summed E-state index contributed by atoms with van der Waals surface area (Å²) in [5, 5.41) is 0. The van der Waals surface area contributed by atoms with Gasteiger partial charge in [0.15, 0.2) is 0 Å². The van der Waals surface area contributed by atoms with Crippen molar-refractivity contribution in [2.45, 2.75) is 51.9 Å². The molecule has 0 bridgehead atoms. The van der Waals surface area contributed by atoms with Crippen molar-refractivity contribution in [1.82, 2.24) is 0 Å². The highest BCUT2D eigenvalue weighted by molar-refractivity contribution is 6.76. The number of allylic oxidation sites excluding steroid dienone is 2. The van der Waals surface area contributed by atoms with E-state index in [1.54, 1.807) is 5.57 Å². The molecule has 0 fully saturated rings. The monoisotopic (exact) mass is 182 g/mol. The molecule has 0 N–H and O–H groups in total. The van der Waals surface area contributed by atoms with Crippen molar-refractivity contribution in [3.8, 4) is 0 Å². The summed E-state index contributed by atoms with van der Waals surface area (Å²) in [6, 6.07) is 1.52. The van der Waals surface area contributed by atoms with Crippen molar-refractivity contribution in [1.29, 1.82) is 0 Å². The van der Waals surface area contributed by atoms with Gasteiger partial charge in [-0.1, -0.05) is 37.3 Å². The molecular formula is C11H22Si. The van der Waals surface area contributed by atoms with E-state index in [1.165, 1.54) is 25.3 Å². The van der Waals surface area contributed by atoms with Gasteiger partial charge in [0.05, 0.1) is 0 Å². The van der Waals surface area contributed by atoms with Gasteiger partial charge in [-0.3, -0.25) is 0 Å². The van der Waals surface area contributed by atoms with E-state index in [0.29, 0.717) is 0 Å². The second-order valence-electron chi connectivity index (χ2n) is 5.46. The summed E-state index contributed by atoms with van der Waals surface area (Å²) >= 11 is 0. The second kappa shape index (κ2) is 3.78. The zero-order valence-electron chi connectivity index (χ0n) is 8.98. The van der Waals surface area contributed by atoms with Crippen LogP contribution >= 0.6 is 0 Å². The molecule has 1 aliphatic rings. The maximum absolute atomic E-state index is 2.48. The molecule has 0 aromatic rings. The van der Waals surface area contributed by atoms with Crippen molar-refractivity contribution in [3.63, 3.8) is 0 Å². The van der Waals surface area contributed by atoms with Crippen LogP contribution in [0, 0.1) is 5.92 Å². The van der Waals surface area contributed by atoms with E-state index in [4.69, 9.17) is 0 Å². The lowest BCUT2D eigenvalue weighted by atomic mass is 9.92. The summed E-state index contributed by atoms with van der Waals surface area (Å²) in [7, 11) is -0.796. The number of rotatable bonds is 2. The Morgan fingerprint density at radius 3 is 2.50 bits per heavy atom. The first-order chi connectivity index (χ1) is 5.47. The van der Waals surface area contributed by atoms with Crippen LogP contribution in [0.4, 0.5) is 0 Å². The molecule has 12 heavy (non-hydrogen) atoms. The first-order valence-electron chi connectivity index (χ1n) is 5.13. The van der Waals surface area contributed by atoms with Crippen LogP contribution in [0.2, 0.25) is 25.7 Å². The fourth-order valence-corrected chi connectivity index (χ4v) is 4.17. The summed E-state index contributed by atoms with van der Waals surface area (Å²) in [5.41, 5.74) is 1.61. The van der Waals surface area contributed by atoms with Gasteiger partial charge in [0.25, 0.3) is 0 Å². The van der Waals surface area contributed by atoms with E-state index in [9.17, 15) is 0 Å². The van der Waals surface area contributed by atoms with Gasteiger partial charge in [0.1, 0.15) is 0 Å². The number of hydrogen-bond donors (Lipinski definition) is 0. The molecule has 1 heteroatoms. The molecule has 0 saturated carbocycles. The van der Waals surface area contributed by atoms with Crippen LogP contribution in [0.3, 0.4) is 0 Å². The van der Waals surface area contributed by atoms with Crippen LogP contribution in [0.15, 0.2) is 11.6 Å². The zero-order valence-corrected chi connectivity index (χ0v) is 9.98. The largest absolute Gasteiger partial charge is 0.0853 e.